The first-order valence-corrected chi connectivity index (χ1v) is 7.21. The van der Waals surface area contributed by atoms with Crippen LogP contribution in [0, 0.1) is 21.8 Å². The summed E-state index contributed by atoms with van der Waals surface area (Å²) in [5.41, 5.74) is -0.373. The molecule has 0 aromatic heterocycles. The highest BCUT2D eigenvalue weighted by Crippen LogP contribution is 2.38. The average molecular weight is 343 g/mol. The zero-order chi connectivity index (χ0) is 14.4. The molecule has 106 valence electrons. The normalized spacial score (nSPS) is 24.2. The van der Waals surface area contributed by atoms with Gasteiger partial charge in [-0.3, -0.25) is 14.9 Å². The van der Waals surface area contributed by atoms with E-state index in [2.05, 4.69) is 15.9 Å². The van der Waals surface area contributed by atoms with E-state index in [0.29, 0.717) is 12.5 Å². The number of carbonyl (C=O) groups is 1. The van der Waals surface area contributed by atoms with Crippen LogP contribution in [0.2, 0.25) is 0 Å². The smallest absolute Gasteiger partial charge is 0.287 e. The van der Waals surface area contributed by atoms with Gasteiger partial charge in [-0.15, -0.1) is 0 Å². The predicted octanol–water partition coefficient (Wildman–Crippen LogP) is 3.12. The summed E-state index contributed by atoms with van der Waals surface area (Å²) in [6, 6.07) is 2.41. The van der Waals surface area contributed by atoms with Crippen molar-refractivity contribution in [1.82, 2.24) is 4.90 Å². The molecule has 20 heavy (non-hydrogen) atoms. The molecule has 1 amide bonds. The van der Waals surface area contributed by atoms with Gasteiger partial charge in [-0.2, -0.15) is 0 Å². The molecule has 2 aliphatic rings. The minimum absolute atomic E-state index is 0.0463. The Morgan fingerprint density at radius 2 is 2.20 bits per heavy atom. The van der Waals surface area contributed by atoms with E-state index in [9.17, 15) is 19.3 Å². The SMILES string of the molecule is O=C(c1cc(F)c(Br)c([N+](=O)[O-])c1)N1CC2CCC1C2. The van der Waals surface area contributed by atoms with Crippen LogP contribution in [0.1, 0.15) is 29.6 Å². The van der Waals surface area contributed by atoms with Gasteiger partial charge in [0.2, 0.25) is 0 Å². The molecule has 0 N–H and O–H groups in total. The molecule has 2 unspecified atom stereocenters. The van der Waals surface area contributed by atoms with Gasteiger partial charge in [-0.05, 0) is 47.2 Å². The second kappa shape index (κ2) is 4.80. The van der Waals surface area contributed by atoms with E-state index in [-0.39, 0.29) is 22.0 Å². The summed E-state index contributed by atoms with van der Waals surface area (Å²) in [7, 11) is 0. The van der Waals surface area contributed by atoms with Crippen molar-refractivity contribution in [3.63, 3.8) is 0 Å². The van der Waals surface area contributed by atoms with Gasteiger partial charge in [0.1, 0.15) is 10.3 Å². The maximum absolute atomic E-state index is 13.7. The minimum Gasteiger partial charge on any atom is -0.335 e. The predicted molar refractivity (Wildman–Crippen MR) is 72.9 cm³/mol. The second-order valence-corrected chi connectivity index (χ2v) is 6.13. The standard InChI is InChI=1S/C13H12BrFN2O3/c14-12-10(15)4-8(5-11(12)17(19)20)13(18)16-6-7-1-2-9(16)3-7/h4-5,7,9H,1-3,6H2. The molecule has 1 aliphatic carbocycles. The fraction of sp³-hybridized carbons (Fsp3) is 0.462. The van der Waals surface area contributed by atoms with E-state index in [4.69, 9.17) is 0 Å². The van der Waals surface area contributed by atoms with Crippen molar-refractivity contribution in [2.75, 3.05) is 6.54 Å². The Bertz CT molecular complexity index is 608. The molecule has 0 spiro atoms. The lowest BCUT2D eigenvalue weighted by Crippen LogP contribution is -2.37. The summed E-state index contributed by atoms with van der Waals surface area (Å²) in [6.07, 6.45) is 3.09. The van der Waals surface area contributed by atoms with Crippen LogP contribution in [0.15, 0.2) is 16.6 Å². The molecule has 0 radical (unpaired) electrons. The van der Waals surface area contributed by atoms with Gasteiger partial charge in [0.05, 0.1) is 4.92 Å². The molecule has 3 rings (SSSR count). The Kier molecular flexibility index (Phi) is 3.24. The van der Waals surface area contributed by atoms with E-state index in [1.807, 2.05) is 0 Å². The largest absolute Gasteiger partial charge is 0.335 e. The fourth-order valence-electron chi connectivity index (χ4n) is 3.17. The molecule has 1 aliphatic heterocycles. The number of carbonyl (C=O) groups excluding carboxylic acids is 1. The number of fused-ring (bicyclic) bond motifs is 2. The summed E-state index contributed by atoms with van der Waals surface area (Å²) in [4.78, 5) is 24.3. The number of likely N-dealkylation sites (tertiary alicyclic amines) is 1. The molecule has 5 nitrogen and oxygen atoms in total. The van der Waals surface area contributed by atoms with Crippen molar-refractivity contribution < 1.29 is 14.1 Å². The van der Waals surface area contributed by atoms with Crippen LogP contribution in [-0.4, -0.2) is 28.3 Å². The molecule has 1 heterocycles. The van der Waals surface area contributed by atoms with E-state index in [1.54, 1.807) is 4.90 Å². The average Bonchev–Trinajstić information content (AvgIpc) is 3.02. The Balaban J connectivity index is 1.94. The Hall–Kier alpha value is -1.50. The molecule has 1 saturated carbocycles. The highest BCUT2D eigenvalue weighted by Gasteiger charge is 2.40. The van der Waals surface area contributed by atoms with Gasteiger partial charge in [0, 0.05) is 24.2 Å². The first kappa shape index (κ1) is 13.5. The lowest BCUT2D eigenvalue weighted by molar-refractivity contribution is -0.385. The molecule has 1 aromatic rings. The summed E-state index contributed by atoms with van der Waals surface area (Å²) in [5, 5.41) is 10.9. The summed E-state index contributed by atoms with van der Waals surface area (Å²) in [5.74, 6) is -0.571. The zero-order valence-electron chi connectivity index (χ0n) is 10.5. The number of halogens is 2. The fourth-order valence-corrected chi connectivity index (χ4v) is 3.54. The number of nitrogens with zero attached hydrogens (tertiary/aromatic N) is 2. The van der Waals surface area contributed by atoms with Crippen LogP contribution < -0.4 is 0 Å². The number of rotatable bonds is 2. The van der Waals surface area contributed by atoms with Crippen LogP contribution in [0.4, 0.5) is 10.1 Å². The molecule has 2 fully saturated rings. The van der Waals surface area contributed by atoms with E-state index in [0.717, 1.165) is 31.4 Å². The molecule has 1 saturated heterocycles. The first-order chi connectivity index (χ1) is 9.47. The van der Waals surface area contributed by atoms with Crippen LogP contribution in [-0.2, 0) is 0 Å². The number of hydrogen-bond donors (Lipinski definition) is 0. The monoisotopic (exact) mass is 342 g/mol. The van der Waals surface area contributed by atoms with E-state index >= 15 is 0 Å². The second-order valence-electron chi connectivity index (χ2n) is 5.34. The third kappa shape index (κ3) is 2.09. The summed E-state index contributed by atoms with van der Waals surface area (Å²) >= 11 is 2.84. The number of piperidine rings is 1. The number of hydrogen-bond acceptors (Lipinski definition) is 3. The molecule has 2 atom stereocenters. The maximum atomic E-state index is 13.7. The van der Waals surface area contributed by atoms with Crippen molar-refractivity contribution in [3.8, 4) is 0 Å². The first-order valence-electron chi connectivity index (χ1n) is 6.41. The summed E-state index contributed by atoms with van der Waals surface area (Å²) < 4.78 is 13.5. The number of amides is 1. The van der Waals surface area contributed by atoms with Crippen LogP contribution in [0.5, 0.6) is 0 Å². The molecule has 2 bridgehead atoms. The third-order valence-corrected chi connectivity index (χ3v) is 4.91. The van der Waals surface area contributed by atoms with Crippen LogP contribution >= 0.6 is 15.9 Å². The van der Waals surface area contributed by atoms with Crippen LogP contribution in [0.3, 0.4) is 0 Å². The van der Waals surface area contributed by atoms with Gasteiger partial charge in [-0.1, -0.05) is 0 Å². The van der Waals surface area contributed by atoms with Crippen molar-refractivity contribution in [3.05, 3.63) is 38.1 Å². The lowest BCUT2D eigenvalue weighted by atomic mass is 10.1. The Labute approximate surface area is 123 Å². The summed E-state index contributed by atoms with van der Waals surface area (Å²) in [6.45, 7) is 0.676. The topological polar surface area (TPSA) is 63.4 Å². The van der Waals surface area contributed by atoms with Crippen molar-refractivity contribution in [1.29, 1.82) is 0 Å². The number of nitro groups is 1. The quantitative estimate of drug-likeness (QED) is 0.612. The van der Waals surface area contributed by atoms with Gasteiger partial charge >= 0.3 is 0 Å². The molecule has 1 aromatic carbocycles. The lowest BCUT2D eigenvalue weighted by Gasteiger charge is -2.27. The van der Waals surface area contributed by atoms with Crippen molar-refractivity contribution in [2.24, 2.45) is 5.92 Å². The van der Waals surface area contributed by atoms with E-state index in [1.165, 1.54) is 0 Å². The highest BCUT2D eigenvalue weighted by molar-refractivity contribution is 9.10. The Morgan fingerprint density at radius 1 is 1.45 bits per heavy atom. The maximum Gasteiger partial charge on any atom is 0.287 e. The van der Waals surface area contributed by atoms with Gasteiger partial charge in [0.15, 0.2) is 0 Å². The van der Waals surface area contributed by atoms with Gasteiger partial charge < -0.3 is 4.90 Å². The zero-order valence-corrected chi connectivity index (χ0v) is 12.1. The molecular weight excluding hydrogens is 331 g/mol. The molecular formula is C13H12BrFN2O3. The van der Waals surface area contributed by atoms with E-state index < -0.39 is 16.4 Å². The highest BCUT2D eigenvalue weighted by atomic mass is 79.9. The molecule has 7 heteroatoms. The van der Waals surface area contributed by atoms with Crippen molar-refractivity contribution >= 4 is 27.5 Å². The van der Waals surface area contributed by atoms with Gasteiger partial charge in [0.25, 0.3) is 11.6 Å². The van der Waals surface area contributed by atoms with Gasteiger partial charge in [-0.25, -0.2) is 4.39 Å². The Morgan fingerprint density at radius 3 is 2.75 bits per heavy atom. The van der Waals surface area contributed by atoms with Crippen molar-refractivity contribution in [2.45, 2.75) is 25.3 Å². The number of nitro benzene ring substituents is 1. The minimum atomic E-state index is -0.785. The van der Waals surface area contributed by atoms with Crippen LogP contribution in [0.25, 0.3) is 0 Å². The third-order valence-electron chi connectivity index (χ3n) is 4.12. The number of benzene rings is 1.